The molecular formula is C18H21FIN. The van der Waals surface area contributed by atoms with Gasteiger partial charge < -0.3 is 5.32 Å². The molecule has 0 heterocycles. The summed E-state index contributed by atoms with van der Waals surface area (Å²) < 4.78 is 14.0. The van der Waals surface area contributed by atoms with Crippen LogP contribution >= 0.6 is 22.6 Å². The van der Waals surface area contributed by atoms with E-state index in [1.54, 1.807) is 12.1 Å². The molecule has 0 saturated heterocycles. The van der Waals surface area contributed by atoms with Crippen LogP contribution in [-0.2, 0) is 6.42 Å². The van der Waals surface area contributed by atoms with Crippen molar-refractivity contribution < 1.29 is 4.39 Å². The molecule has 0 bridgehead atoms. The molecule has 0 aliphatic carbocycles. The van der Waals surface area contributed by atoms with Gasteiger partial charge in [0.25, 0.3) is 0 Å². The molecule has 1 N–H and O–H groups in total. The van der Waals surface area contributed by atoms with Gasteiger partial charge in [-0.05, 0) is 71.7 Å². The zero-order valence-electron chi connectivity index (χ0n) is 12.5. The molecule has 21 heavy (non-hydrogen) atoms. The summed E-state index contributed by atoms with van der Waals surface area (Å²) in [6.07, 6.45) is 3.61. The second-order valence-electron chi connectivity index (χ2n) is 5.34. The molecule has 3 heteroatoms. The highest BCUT2D eigenvalue weighted by Crippen LogP contribution is 2.24. The molecular weight excluding hydrogens is 376 g/mol. The third-order valence-corrected chi connectivity index (χ3v) is 4.49. The van der Waals surface area contributed by atoms with Crippen molar-refractivity contribution in [3.63, 3.8) is 0 Å². The number of rotatable bonds is 6. The number of hydrogen-bond donors (Lipinski definition) is 1. The van der Waals surface area contributed by atoms with Crippen LogP contribution in [0.25, 0.3) is 0 Å². The predicted octanol–water partition coefficient (Wildman–Crippen LogP) is 5.95. The summed E-state index contributed by atoms with van der Waals surface area (Å²) in [6.45, 7) is 4.34. The third kappa shape index (κ3) is 4.70. The van der Waals surface area contributed by atoms with Gasteiger partial charge in [-0.25, -0.2) is 4.39 Å². The molecule has 1 atom stereocenters. The van der Waals surface area contributed by atoms with E-state index in [1.807, 2.05) is 0 Å². The van der Waals surface area contributed by atoms with Crippen molar-refractivity contribution in [1.82, 2.24) is 0 Å². The summed E-state index contributed by atoms with van der Waals surface area (Å²) in [5.41, 5.74) is 3.61. The van der Waals surface area contributed by atoms with Crippen molar-refractivity contribution in [3.8, 4) is 0 Å². The lowest BCUT2D eigenvalue weighted by atomic mass is 10.0. The standard InChI is InChI=1S/C18H21FIN/c1-3-4-5-14-6-8-15(9-7-14)13(2)21-18-11-10-16(19)12-17(18)20/h6-13,21H,3-5H2,1-2H3. The second kappa shape index (κ2) is 7.78. The van der Waals surface area contributed by atoms with E-state index >= 15 is 0 Å². The van der Waals surface area contributed by atoms with E-state index in [0.29, 0.717) is 0 Å². The molecule has 0 saturated carbocycles. The normalized spacial score (nSPS) is 12.2. The Morgan fingerprint density at radius 3 is 2.48 bits per heavy atom. The summed E-state index contributed by atoms with van der Waals surface area (Å²) in [7, 11) is 0. The Morgan fingerprint density at radius 1 is 1.14 bits per heavy atom. The van der Waals surface area contributed by atoms with E-state index in [9.17, 15) is 4.39 Å². The van der Waals surface area contributed by atoms with Crippen LogP contribution in [0.2, 0.25) is 0 Å². The molecule has 0 spiro atoms. The van der Waals surface area contributed by atoms with Crippen LogP contribution in [0.15, 0.2) is 42.5 Å². The molecule has 1 unspecified atom stereocenters. The van der Waals surface area contributed by atoms with Crippen molar-refractivity contribution in [2.45, 2.75) is 39.2 Å². The van der Waals surface area contributed by atoms with Crippen molar-refractivity contribution in [2.24, 2.45) is 0 Å². The van der Waals surface area contributed by atoms with E-state index in [4.69, 9.17) is 0 Å². The van der Waals surface area contributed by atoms with E-state index in [1.165, 1.54) is 30.0 Å². The first kappa shape index (κ1) is 16.3. The van der Waals surface area contributed by atoms with Crippen LogP contribution in [0.5, 0.6) is 0 Å². The lowest BCUT2D eigenvalue weighted by Crippen LogP contribution is -2.08. The zero-order valence-corrected chi connectivity index (χ0v) is 14.7. The van der Waals surface area contributed by atoms with Crippen LogP contribution in [-0.4, -0.2) is 0 Å². The highest BCUT2D eigenvalue weighted by atomic mass is 127. The van der Waals surface area contributed by atoms with Crippen LogP contribution in [0.4, 0.5) is 10.1 Å². The first-order valence-corrected chi connectivity index (χ1v) is 8.48. The molecule has 0 radical (unpaired) electrons. The highest BCUT2D eigenvalue weighted by molar-refractivity contribution is 14.1. The average Bonchev–Trinajstić information content (AvgIpc) is 2.48. The fourth-order valence-electron chi connectivity index (χ4n) is 2.28. The maximum absolute atomic E-state index is 13.1. The van der Waals surface area contributed by atoms with Crippen LogP contribution in [0, 0.1) is 9.39 Å². The van der Waals surface area contributed by atoms with Crippen molar-refractivity contribution in [1.29, 1.82) is 0 Å². The van der Waals surface area contributed by atoms with E-state index in [0.717, 1.165) is 15.7 Å². The van der Waals surface area contributed by atoms with Gasteiger partial charge in [0.2, 0.25) is 0 Å². The van der Waals surface area contributed by atoms with E-state index in [-0.39, 0.29) is 11.9 Å². The second-order valence-corrected chi connectivity index (χ2v) is 6.50. The Kier molecular flexibility index (Phi) is 6.03. The topological polar surface area (TPSA) is 12.0 Å². The monoisotopic (exact) mass is 397 g/mol. The summed E-state index contributed by atoms with van der Waals surface area (Å²) in [4.78, 5) is 0. The van der Waals surface area contributed by atoms with Gasteiger partial charge in [-0.1, -0.05) is 37.6 Å². The average molecular weight is 397 g/mol. The predicted molar refractivity (Wildman–Crippen MR) is 96.2 cm³/mol. The van der Waals surface area contributed by atoms with Gasteiger partial charge in [-0.15, -0.1) is 0 Å². The van der Waals surface area contributed by atoms with Gasteiger partial charge in [0.15, 0.2) is 0 Å². The maximum Gasteiger partial charge on any atom is 0.124 e. The quantitative estimate of drug-likeness (QED) is 0.595. The number of aryl methyl sites for hydroxylation is 1. The Balaban J connectivity index is 2.04. The summed E-state index contributed by atoms with van der Waals surface area (Å²) in [5.74, 6) is -0.196. The fraction of sp³-hybridized carbons (Fsp3) is 0.333. The maximum atomic E-state index is 13.1. The minimum absolute atomic E-state index is 0.196. The molecule has 2 aromatic carbocycles. The van der Waals surface area contributed by atoms with Gasteiger partial charge in [-0.2, -0.15) is 0 Å². The molecule has 0 aliphatic heterocycles. The first-order chi connectivity index (χ1) is 10.1. The molecule has 1 nitrogen and oxygen atoms in total. The molecule has 2 rings (SSSR count). The number of hydrogen-bond acceptors (Lipinski definition) is 1. The lowest BCUT2D eigenvalue weighted by Gasteiger charge is -2.17. The van der Waals surface area contributed by atoms with Gasteiger partial charge in [0.1, 0.15) is 5.82 Å². The highest BCUT2D eigenvalue weighted by Gasteiger charge is 2.08. The minimum Gasteiger partial charge on any atom is -0.378 e. The SMILES string of the molecule is CCCCc1ccc(C(C)Nc2ccc(F)cc2I)cc1. The van der Waals surface area contributed by atoms with Crippen molar-refractivity contribution >= 4 is 28.3 Å². The number of unbranched alkanes of at least 4 members (excludes halogenated alkanes) is 1. The summed E-state index contributed by atoms with van der Waals surface area (Å²) >= 11 is 2.16. The molecule has 0 aromatic heterocycles. The number of anilines is 1. The number of halogens is 2. The van der Waals surface area contributed by atoms with Crippen molar-refractivity contribution in [2.75, 3.05) is 5.32 Å². The number of nitrogens with one attached hydrogen (secondary N) is 1. The van der Waals surface area contributed by atoms with E-state index < -0.39 is 0 Å². The van der Waals surface area contributed by atoms with Crippen molar-refractivity contribution in [3.05, 3.63) is 63.0 Å². The number of benzene rings is 2. The van der Waals surface area contributed by atoms with Gasteiger partial charge in [-0.3, -0.25) is 0 Å². The van der Waals surface area contributed by atoms with Crippen LogP contribution in [0.1, 0.15) is 43.9 Å². The van der Waals surface area contributed by atoms with Crippen LogP contribution < -0.4 is 5.32 Å². The smallest absolute Gasteiger partial charge is 0.124 e. The Morgan fingerprint density at radius 2 is 1.86 bits per heavy atom. The van der Waals surface area contributed by atoms with E-state index in [2.05, 4.69) is 66.0 Å². The molecule has 2 aromatic rings. The van der Waals surface area contributed by atoms with Gasteiger partial charge in [0, 0.05) is 15.3 Å². The Labute approximate surface area is 140 Å². The molecule has 0 amide bonds. The zero-order chi connectivity index (χ0) is 15.2. The molecule has 112 valence electrons. The summed E-state index contributed by atoms with van der Waals surface area (Å²) in [6, 6.07) is 13.8. The fourth-order valence-corrected chi connectivity index (χ4v) is 2.91. The minimum atomic E-state index is -0.196. The van der Waals surface area contributed by atoms with Gasteiger partial charge >= 0.3 is 0 Å². The van der Waals surface area contributed by atoms with Crippen LogP contribution in [0.3, 0.4) is 0 Å². The molecule has 0 aliphatic rings. The largest absolute Gasteiger partial charge is 0.378 e. The lowest BCUT2D eigenvalue weighted by molar-refractivity contribution is 0.627. The molecule has 0 fully saturated rings. The Hall–Kier alpha value is -1.10. The third-order valence-electron chi connectivity index (χ3n) is 3.60. The first-order valence-electron chi connectivity index (χ1n) is 7.40. The van der Waals surface area contributed by atoms with Gasteiger partial charge in [0.05, 0.1) is 0 Å². The summed E-state index contributed by atoms with van der Waals surface area (Å²) in [5, 5.41) is 3.44. The Bertz CT molecular complexity index is 580.